The van der Waals surface area contributed by atoms with Crippen molar-refractivity contribution in [3.05, 3.63) is 54.2 Å². The normalized spacial score (nSPS) is 10.4. The zero-order valence-electron chi connectivity index (χ0n) is 9.42. The molecular formula is C13H10N4O. The number of aromatic amines is 1. The number of hydrogen-bond acceptors (Lipinski definition) is 3. The largest absolute Gasteiger partial charge is 0.304 e. The molecule has 0 unspecified atom stereocenters. The molecule has 3 rings (SSSR count). The Morgan fingerprint density at radius 3 is 2.78 bits per heavy atom. The van der Waals surface area contributed by atoms with Gasteiger partial charge in [0.15, 0.2) is 5.82 Å². The summed E-state index contributed by atoms with van der Waals surface area (Å²) in [4.78, 5) is 12.1. The van der Waals surface area contributed by atoms with Gasteiger partial charge in [-0.1, -0.05) is 36.4 Å². The Hall–Kier alpha value is -2.69. The Bertz CT molecular complexity index is 686. The molecule has 0 fully saturated rings. The topological polar surface area (TPSA) is 70.7 Å². The first-order chi connectivity index (χ1) is 8.84. The second kappa shape index (κ2) is 4.29. The number of amides is 1. The first-order valence-electron chi connectivity index (χ1n) is 5.49. The molecule has 2 N–H and O–H groups in total. The number of hydrogen-bond donors (Lipinski definition) is 2. The van der Waals surface area contributed by atoms with Crippen LogP contribution < -0.4 is 5.32 Å². The van der Waals surface area contributed by atoms with Gasteiger partial charge in [-0.15, -0.1) is 5.10 Å². The van der Waals surface area contributed by atoms with Gasteiger partial charge in [-0.25, -0.2) is 0 Å². The van der Waals surface area contributed by atoms with E-state index >= 15 is 0 Å². The molecule has 3 aromatic rings. The average molecular weight is 238 g/mol. The summed E-state index contributed by atoms with van der Waals surface area (Å²) in [6.07, 6.45) is 1.46. The monoisotopic (exact) mass is 238 g/mol. The summed E-state index contributed by atoms with van der Waals surface area (Å²) in [7, 11) is 0. The summed E-state index contributed by atoms with van der Waals surface area (Å²) < 4.78 is 0. The molecule has 1 amide bonds. The van der Waals surface area contributed by atoms with Crippen LogP contribution in [-0.2, 0) is 0 Å². The molecule has 0 atom stereocenters. The number of nitrogens with zero attached hydrogens (tertiary/aromatic N) is 2. The van der Waals surface area contributed by atoms with Crippen LogP contribution in [0.2, 0.25) is 0 Å². The third kappa shape index (κ3) is 1.82. The maximum Gasteiger partial charge on any atom is 0.257 e. The van der Waals surface area contributed by atoms with Crippen molar-refractivity contribution in [1.82, 2.24) is 15.4 Å². The fourth-order valence-electron chi connectivity index (χ4n) is 1.87. The fourth-order valence-corrected chi connectivity index (χ4v) is 1.87. The van der Waals surface area contributed by atoms with E-state index in [9.17, 15) is 4.79 Å². The van der Waals surface area contributed by atoms with Crippen molar-refractivity contribution in [2.24, 2.45) is 0 Å². The number of carbonyl (C=O) groups excluding carboxylic acids is 1. The van der Waals surface area contributed by atoms with Crippen LogP contribution in [0.1, 0.15) is 10.4 Å². The zero-order chi connectivity index (χ0) is 12.4. The van der Waals surface area contributed by atoms with Crippen LogP contribution in [0.15, 0.2) is 48.7 Å². The highest BCUT2D eigenvalue weighted by molar-refractivity contribution is 6.12. The summed E-state index contributed by atoms with van der Waals surface area (Å²) in [5.41, 5.74) is 0.621. The van der Waals surface area contributed by atoms with Gasteiger partial charge in [0.1, 0.15) is 0 Å². The van der Waals surface area contributed by atoms with Gasteiger partial charge in [0.05, 0.1) is 6.20 Å². The maximum absolute atomic E-state index is 12.1. The standard InChI is InChI=1S/C13H10N4O/c18-13(15-12-8-14-17-16-12)11-7-3-5-9-4-1-2-6-10(9)11/h1-8H,(H2,14,15,16,17,18). The third-order valence-electron chi connectivity index (χ3n) is 2.69. The van der Waals surface area contributed by atoms with E-state index < -0.39 is 0 Å². The van der Waals surface area contributed by atoms with Gasteiger partial charge in [0.2, 0.25) is 0 Å². The molecule has 88 valence electrons. The Labute approximate surface area is 103 Å². The van der Waals surface area contributed by atoms with Crippen molar-refractivity contribution in [3.63, 3.8) is 0 Å². The van der Waals surface area contributed by atoms with Crippen molar-refractivity contribution >= 4 is 22.5 Å². The lowest BCUT2D eigenvalue weighted by molar-refractivity contribution is 0.102. The van der Waals surface area contributed by atoms with E-state index in [1.165, 1.54) is 6.20 Å². The molecule has 5 heteroatoms. The number of aromatic nitrogens is 3. The second-order valence-corrected chi connectivity index (χ2v) is 3.84. The lowest BCUT2D eigenvalue weighted by Crippen LogP contribution is -2.12. The third-order valence-corrected chi connectivity index (χ3v) is 2.69. The second-order valence-electron chi connectivity index (χ2n) is 3.84. The maximum atomic E-state index is 12.1. The molecule has 1 heterocycles. The number of nitrogens with one attached hydrogen (secondary N) is 2. The molecular weight excluding hydrogens is 228 g/mol. The molecule has 0 aliphatic rings. The highest BCUT2D eigenvalue weighted by Crippen LogP contribution is 2.19. The average Bonchev–Trinajstić information content (AvgIpc) is 2.91. The first kappa shape index (κ1) is 10.5. The highest BCUT2D eigenvalue weighted by atomic mass is 16.1. The smallest absolute Gasteiger partial charge is 0.257 e. The number of anilines is 1. The Morgan fingerprint density at radius 2 is 1.94 bits per heavy atom. The van der Waals surface area contributed by atoms with Gasteiger partial charge in [-0.2, -0.15) is 10.3 Å². The molecule has 0 saturated carbocycles. The number of benzene rings is 2. The van der Waals surface area contributed by atoms with E-state index in [0.29, 0.717) is 11.4 Å². The van der Waals surface area contributed by atoms with E-state index in [-0.39, 0.29) is 5.91 Å². The fraction of sp³-hybridized carbons (Fsp3) is 0. The number of H-pyrrole nitrogens is 1. The summed E-state index contributed by atoms with van der Waals surface area (Å²) in [6, 6.07) is 13.4. The quantitative estimate of drug-likeness (QED) is 0.719. The van der Waals surface area contributed by atoms with Crippen LogP contribution >= 0.6 is 0 Å². The zero-order valence-corrected chi connectivity index (χ0v) is 9.42. The Kier molecular flexibility index (Phi) is 2.49. The predicted molar refractivity (Wildman–Crippen MR) is 68.3 cm³/mol. The minimum Gasteiger partial charge on any atom is -0.304 e. The van der Waals surface area contributed by atoms with Crippen molar-refractivity contribution < 1.29 is 4.79 Å². The van der Waals surface area contributed by atoms with Gasteiger partial charge in [-0.05, 0) is 16.8 Å². The minimum absolute atomic E-state index is 0.194. The molecule has 5 nitrogen and oxygen atoms in total. The van der Waals surface area contributed by atoms with Gasteiger partial charge in [0.25, 0.3) is 5.91 Å². The van der Waals surface area contributed by atoms with E-state index in [1.54, 1.807) is 6.07 Å². The molecule has 18 heavy (non-hydrogen) atoms. The van der Waals surface area contributed by atoms with Gasteiger partial charge in [-0.3, -0.25) is 4.79 Å². The lowest BCUT2D eigenvalue weighted by atomic mass is 10.0. The van der Waals surface area contributed by atoms with E-state index in [1.807, 2.05) is 36.4 Å². The van der Waals surface area contributed by atoms with Crippen LogP contribution in [0.3, 0.4) is 0 Å². The Morgan fingerprint density at radius 1 is 1.11 bits per heavy atom. The molecule has 0 bridgehead atoms. The van der Waals surface area contributed by atoms with Crippen LogP contribution in [0, 0.1) is 0 Å². The summed E-state index contributed by atoms with van der Waals surface area (Å²) in [6.45, 7) is 0. The summed E-state index contributed by atoms with van der Waals surface area (Å²) >= 11 is 0. The SMILES string of the molecule is O=C(Nc1cn[nH]n1)c1cccc2ccccc12. The van der Waals surface area contributed by atoms with E-state index in [4.69, 9.17) is 0 Å². The van der Waals surface area contributed by atoms with Gasteiger partial charge < -0.3 is 5.32 Å². The summed E-state index contributed by atoms with van der Waals surface area (Å²) in [5.74, 6) is 0.216. The van der Waals surface area contributed by atoms with Crippen LogP contribution in [0.5, 0.6) is 0 Å². The molecule has 2 aromatic carbocycles. The van der Waals surface area contributed by atoms with Gasteiger partial charge >= 0.3 is 0 Å². The van der Waals surface area contributed by atoms with Crippen molar-refractivity contribution in [2.45, 2.75) is 0 Å². The van der Waals surface area contributed by atoms with Crippen LogP contribution in [0.25, 0.3) is 10.8 Å². The molecule has 1 aromatic heterocycles. The first-order valence-corrected chi connectivity index (χ1v) is 5.49. The number of rotatable bonds is 2. The molecule has 0 aliphatic carbocycles. The number of fused-ring (bicyclic) bond motifs is 1. The molecule has 0 radical (unpaired) electrons. The van der Waals surface area contributed by atoms with Crippen molar-refractivity contribution in [3.8, 4) is 0 Å². The Balaban J connectivity index is 2.01. The highest BCUT2D eigenvalue weighted by Gasteiger charge is 2.10. The van der Waals surface area contributed by atoms with Crippen LogP contribution in [-0.4, -0.2) is 21.3 Å². The van der Waals surface area contributed by atoms with Gasteiger partial charge in [0, 0.05) is 5.56 Å². The van der Waals surface area contributed by atoms with Crippen molar-refractivity contribution in [1.29, 1.82) is 0 Å². The number of carbonyl (C=O) groups is 1. The predicted octanol–water partition coefficient (Wildman–Crippen LogP) is 2.21. The van der Waals surface area contributed by atoms with Crippen molar-refractivity contribution in [2.75, 3.05) is 5.32 Å². The molecule has 0 aliphatic heterocycles. The minimum atomic E-state index is -0.194. The van der Waals surface area contributed by atoms with E-state index in [2.05, 4.69) is 20.7 Å². The van der Waals surface area contributed by atoms with E-state index in [0.717, 1.165) is 10.8 Å². The lowest BCUT2D eigenvalue weighted by Gasteiger charge is -2.05. The van der Waals surface area contributed by atoms with Crippen LogP contribution in [0.4, 0.5) is 5.82 Å². The molecule has 0 saturated heterocycles. The summed E-state index contributed by atoms with van der Waals surface area (Å²) in [5, 5.41) is 14.5. The molecule has 0 spiro atoms.